The fourth-order valence-corrected chi connectivity index (χ4v) is 2.60. The minimum absolute atomic E-state index is 0. The Labute approximate surface area is 155 Å². The van der Waals surface area contributed by atoms with Gasteiger partial charge in [0.25, 0.3) is 5.91 Å². The highest BCUT2D eigenvalue weighted by Crippen LogP contribution is 2.22. The summed E-state index contributed by atoms with van der Waals surface area (Å²) in [5.41, 5.74) is 6.39. The Bertz CT molecular complexity index is 643. The van der Waals surface area contributed by atoms with E-state index in [0.29, 0.717) is 35.5 Å². The third kappa shape index (κ3) is 5.86. The molecular weight excluding hydrogens is 375 g/mol. The lowest BCUT2D eigenvalue weighted by atomic mass is 10.1. The van der Waals surface area contributed by atoms with E-state index in [1.165, 1.54) is 6.07 Å². The molecule has 1 fully saturated rings. The Morgan fingerprint density at radius 3 is 2.62 bits per heavy atom. The zero-order chi connectivity index (χ0) is 18.6. The third-order valence-electron chi connectivity index (χ3n) is 3.87. The van der Waals surface area contributed by atoms with Gasteiger partial charge in [0.1, 0.15) is 6.10 Å². The normalized spacial score (nSPS) is 19.6. The number of ether oxygens (including phenoxy) is 1. The van der Waals surface area contributed by atoms with Gasteiger partial charge in [-0.2, -0.15) is 13.2 Å². The monoisotopic (exact) mass is 395 g/mol. The molecule has 146 valence electrons. The molecule has 26 heavy (non-hydrogen) atoms. The molecule has 2 rings (SSSR count). The molecule has 2 atom stereocenters. The van der Waals surface area contributed by atoms with Crippen molar-refractivity contribution in [2.24, 2.45) is 5.73 Å². The van der Waals surface area contributed by atoms with Crippen molar-refractivity contribution in [3.8, 4) is 0 Å². The second kappa shape index (κ2) is 9.20. The molecule has 1 aliphatic rings. The molecule has 3 N–H and O–H groups in total. The van der Waals surface area contributed by atoms with Crippen LogP contribution in [0.3, 0.4) is 0 Å². The van der Waals surface area contributed by atoms with Crippen molar-refractivity contribution in [1.82, 2.24) is 4.90 Å². The van der Waals surface area contributed by atoms with E-state index < -0.39 is 18.2 Å². The smallest absolute Gasteiger partial charge is 0.364 e. The van der Waals surface area contributed by atoms with E-state index in [0.717, 1.165) is 7.05 Å². The molecule has 1 aromatic carbocycles. The first kappa shape index (κ1) is 22.2. The highest BCUT2D eigenvalue weighted by Gasteiger charge is 2.41. The molecule has 1 aromatic rings. The number of nitrogens with one attached hydrogen (secondary N) is 1. The number of nitrogens with zero attached hydrogens (tertiary/aromatic N) is 1. The maximum absolute atomic E-state index is 12.4. The summed E-state index contributed by atoms with van der Waals surface area (Å²) in [6.07, 6.45) is -4.37. The van der Waals surface area contributed by atoms with Crippen molar-refractivity contribution < 1.29 is 27.5 Å². The summed E-state index contributed by atoms with van der Waals surface area (Å²) in [7, 11) is 1.07. The van der Waals surface area contributed by atoms with Crippen molar-refractivity contribution in [3.05, 3.63) is 29.8 Å². The van der Waals surface area contributed by atoms with Gasteiger partial charge in [0.05, 0.1) is 6.10 Å². The summed E-state index contributed by atoms with van der Waals surface area (Å²) in [4.78, 5) is 23.9. The summed E-state index contributed by atoms with van der Waals surface area (Å²) < 4.78 is 42.7. The Morgan fingerprint density at radius 2 is 2.04 bits per heavy atom. The van der Waals surface area contributed by atoms with E-state index >= 15 is 0 Å². The molecule has 1 aliphatic heterocycles. The largest absolute Gasteiger partial charge is 0.471 e. The number of carbonyl (C=O) groups excluding carboxylic acids is 2. The summed E-state index contributed by atoms with van der Waals surface area (Å²) in [5.74, 6) is -2.25. The number of nitrogens with two attached hydrogens (primary N) is 1. The topological polar surface area (TPSA) is 84.7 Å². The Balaban J connectivity index is 0.00000338. The number of alkyl halides is 3. The van der Waals surface area contributed by atoms with Crippen LogP contribution in [0.15, 0.2) is 24.3 Å². The summed E-state index contributed by atoms with van der Waals surface area (Å²) in [6.45, 7) is 0.121. The van der Waals surface area contributed by atoms with Gasteiger partial charge < -0.3 is 20.7 Å². The number of amides is 2. The maximum Gasteiger partial charge on any atom is 0.471 e. The minimum atomic E-state index is -4.92. The van der Waals surface area contributed by atoms with Gasteiger partial charge in [0, 0.05) is 25.8 Å². The van der Waals surface area contributed by atoms with Crippen LogP contribution in [0.25, 0.3) is 0 Å². The summed E-state index contributed by atoms with van der Waals surface area (Å²) in [6, 6.07) is 6.30. The number of hydrogen-bond acceptors (Lipinski definition) is 4. The minimum Gasteiger partial charge on any atom is -0.364 e. The average molecular weight is 396 g/mol. The molecule has 0 unspecified atom stereocenters. The Hall–Kier alpha value is -1.84. The Kier molecular flexibility index (Phi) is 7.86. The van der Waals surface area contributed by atoms with Crippen LogP contribution in [-0.2, 0) is 20.9 Å². The summed E-state index contributed by atoms with van der Waals surface area (Å²) >= 11 is 0. The first-order chi connectivity index (χ1) is 11.7. The fraction of sp³-hybridized carbons (Fsp3) is 0.500. The van der Waals surface area contributed by atoms with Gasteiger partial charge >= 0.3 is 12.1 Å². The number of halogens is 4. The molecule has 0 aliphatic carbocycles. The van der Waals surface area contributed by atoms with Crippen LogP contribution < -0.4 is 11.1 Å². The van der Waals surface area contributed by atoms with Crippen molar-refractivity contribution in [3.63, 3.8) is 0 Å². The highest BCUT2D eigenvalue weighted by molar-refractivity contribution is 5.94. The maximum atomic E-state index is 12.4. The molecule has 1 saturated heterocycles. The van der Waals surface area contributed by atoms with Gasteiger partial charge in [-0.15, -0.1) is 12.4 Å². The van der Waals surface area contributed by atoms with Crippen LogP contribution in [0.5, 0.6) is 0 Å². The quantitative estimate of drug-likeness (QED) is 0.799. The molecule has 0 spiro atoms. The highest BCUT2D eigenvalue weighted by atomic mass is 35.5. The van der Waals surface area contributed by atoms with Crippen LogP contribution in [0.1, 0.15) is 18.4 Å². The average Bonchev–Trinajstić information content (AvgIpc) is 3.02. The zero-order valence-corrected chi connectivity index (χ0v) is 14.9. The van der Waals surface area contributed by atoms with Crippen LogP contribution in [0.4, 0.5) is 18.9 Å². The van der Waals surface area contributed by atoms with E-state index in [4.69, 9.17) is 10.5 Å². The SMILES string of the molecule is CN(Cc1cccc(NC(=O)[C@@H]2CC[C@H](CN)O2)c1)C(=O)C(F)(F)F.Cl. The molecule has 0 bridgehead atoms. The molecule has 6 nitrogen and oxygen atoms in total. The lowest BCUT2D eigenvalue weighted by Gasteiger charge is -2.19. The van der Waals surface area contributed by atoms with Gasteiger partial charge in [-0.05, 0) is 30.5 Å². The van der Waals surface area contributed by atoms with Gasteiger partial charge in [0.2, 0.25) is 0 Å². The predicted molar refractivity (Wildman–Crippen MR) is 91.8 cm³/mol. The number of hydrogen-bond donors (Lipinski definition) is 2. The van der Waals surface area contributed by atoms with Crippen LogP contribution in [0.2, 0.25) is 0 Å². The number of benzene rings is 1. The van der Waals surface area contributed by atoms with Gasteiger partial charge in [-0.25, -0.2) is 0 Å². The number of rotatable bonds is 5. The molecule has 0 saturated carbocycles. The molecule has 0 radical (unpaired) electrons. The van der Waals surface area contributed by atoms with Gasteiger partial charge in [-0.3, -0.25) is 9.59 Å². The Morgan fingerprint density at radius 1 is 1.35 bits per heavy atom. The second-order valence-corrected chi connectivity index (χ2v) is 5.91. The zero-order valence-electron chi connectivity index (χ0n) is 14.1. The number of carbonyl (C=O) groups is 2. The van der Waals surface area contributed by atoms with Crippen LogP contribution in [0, 0.1) is 0 Å². The van der Waals surface area contributed by atoms with Crippen molar-refractivity contribution in [2.75, 3.05) is 18.9 Å². The standard InChI is InChI=1S/C16H20F3N3O3.ClH/c1-22(15(24)16(17,18)19)9-10-3-2-4-11(7-10)21-14(23)13-6-5-12(8-20)25-13;/h2-4,7,12-13H,5-6,8-9,20H2,1H3,(H,21,23);1H/t12-,13+;/m1./s1. The molecule has 10 heteroatoms. The molecule has 0 aromatic heterocycles. The summed E-state index contributed by atoms with van der Waals surface area (Å²) in [5, 5.41) is 2.67. The van der Waals surface area contributed by atoms with E-state index in [1.807, 2.05) is 0 Å². The fourth-order valence-electron chi connectivity index (χ4n) is 2.60. The van der Waals surface area contributed by atoms with Gasteiger partial charge in [-0.1, -0.05) is 12.1 Å². The third-order valence-corrected chi connectivity index (χ3v) is 3.87. The first-order valence-electron chi connectivity index (χ1n) is 7.78. The van der Waals surface area contributed by atoms with Crippen molar-refractivity contribution in [2.45, 2.75) is 37.8 Å². The van der Waals surface area contributed by atoms with E-state index in [9.17, 15) is 22.8 Å². The first-order valence-corrected chi connectivity index (χ1v) is 7.78. The van der Waals surface area contributed by atoms with Crippen molar-refractivity contribution in [1.29, 1.82) is 0 Å². The van der Waals surface area contributed by atoms with E-state index in [2.05, 4.69) is 5.32 Å². The van der Waals surface area contributed by atoms with Crippen LogP contribution >= 0.6 is 12.4 Å². The van der Waals surface area contributed by atoms with Gasteiger partial charge in [0.15, 0.2) is 0 Å². The lowest BCUT2D eigenvalue weighted by molar-refractivity contribution is -0.184. The molecular formula is C16H21ClF3N3O3. The van der Waals surface area contributed by atoms with E-state index in [1.54, 1.807) is 18.2 Å². The molecule has 1 heterocycles. The van der Waals surface area contributed by atoms with E-state index in [-0.39, 0.29) is 31.0 Å². The predicted octanol–water partition coefficient (Wildman–Crippen LogP) is 2.07. The van der Waals surface area contributed by atoms with Crippen LogP contribution in [-0.4, -0.2) is 48.7 Å². The van der Waals surface area contributed by atoms with Crippen molar-refractivity contribution >= 4 is 29.9 Å². The second-order valence-electron chi connectivity index (χ2n) is 5.91. The molecule has 2 amide bonds. The number of anilines is 1. The lowest BCUT2D eigenvalue weighted by Crippen LogP contribution is -2.37.